The van der Waals surface area contributed by atoms with Gasteiger partial charge in [-0.3, -0.25) is 14.4 Å². The largest absolute Gasteiger partial charge is 0.457 e. The topological polar surface area (TPSA) is 99.1 Å². The van der Waals surface area contributed by atoms with Crippen LogP contribution in [0.1, 0.15) is 41.0 Å². The molecule has 0 fully saturated rings. The molecule has 0 aromatic carbocycles. The van der Waals surface area contributed by atoms with Crippen LogP contribution in [0.25, 0.3) is 0 Å². The summed E-state index contributed by atoms with van der Waals surface area (Å²) >= 11 is 0. The molecule has 2 atom stereocenters. The van der Waals surface area contributed by atoms with E-state index >= 15 is 0 Å². The van der Waals surface area contributed by atoms with Gasteiger partial charge < -0.3 is 19.3 Å². The van der Waals surface area contributed by atoms with Gasteiger partial charge in [-0.2, -0.15) is 0 Å². The summed E-state index contributed by atoms with van der Waals surface area (Å²) < 4.78 is 14.8. The monoisotopic (exact) mass is 390 g/mol. The first-order chi connectivity index (χ1) is 13.0. The van der Waals surface area contributed by atoms with E-state index < -0.39 is 30.1 Å². The van der Waals surface area contributed by atoms with E-state index in [-0.39, 0.29) is 17.6 Å². The Hall–Kier alpha value is -3.11. The predicted molar refractivity (Wildman–Crippen MR) is 103 cm³/mol. The third kappa shape index (κ3) is 12.3. The van der Waals surface area contributed by atoms with Gasteiger partial charge in [0.2, 0.25) is 0 Å². The number of rotatable bonds is 8. The molecule has 0 bridgehead atoms. The average molecular weight is 390 g/mol. The number of aliphatic hydroxyl groups excluding tert-OH is 1. The number of hydrogen-bond donors (Lipinski definition) is 1. The molecule has 0 rings (SSSR count). The summed E-state index contributed by atoms with van der Waals surface area (Å²) in [7, 11) is 0. The molecule has 0 aliphatic carbocycles. The lowest BCUT2D eigenvalue weighted by atomic mass is 10.00. The van der Waals surface area contributed by atoms with Gasteiger partial charge in [0.15, 0.2) is 0 Å². The van der Waals surface area contributed by atoms with Crippen LogP contribution in [0.5, 0.6) is 0 Å². The summed E-state index contributed by atoms with van der Waals surface area (Å²) in [6.45, 7) is 11.1. The standard InChI is InChI=1S/C21H26O7/c1-14(2)8-7-9-15(3)20(25)12-21(28-18(6)24)19(13-27-17(5)23)10-11-26-16(4)22/h8,10-11,13,20-21,25H,3,12H2,1-2,4-6H3/b11-10-,19-13-/t20-,21-/m0/s1. The van der Waals surface area contributed by atoms with Gasteiger partial charge in [-0.1, -0.05) is 24.0 Å². The smallest absolute Gasteiger partial charge is 0.307 e. The minimum Gasteiger partial charge on any atom is -0.457 e. The number of carbonyl (C=O) groups excluding carboxylic acids is 3. The van der Waals surface area contributed by atoms with Crippen molar-refractivity contribution in [1.29, 1.82) is 0 Å². The number of hydrogen-bond acceptors (Lipinski definition) is 7. The average Bonchev–Trinajstić information content (AvgIpc) is 2.55. The number of carbonyl (C=O) groups is 3. The second-order valence-corrected chi connectivity index (χ2v) is 6.01. The Labute approximate surface area is 165 Å². The molecule has 7 nitrogen and oxygen atoms in total. The van der Waals surface area contributed by atoms with Crippen LogP contribution in [0.4, 0.5) is 0 Å². The van der Waals surface area contributed by atoms with Crippen molar-refractivity contribution in [3.63, 3.8) is 0 Å². The molecule has 0 aliphatic rings. The van der Waals surface area contributed by atoms with E-state index in [9.17, 15) is 19.5 Å². The SMILES string of the molecule is C=C(C#CC=C(C)C)[C@@H](O)C[C@H](OC(C)=O)C(/C=C\OC(C)=O)=C\OC(C)=O. The van der Waals surface area contributed by atoms with Crippen molar-refractivity contribution < 1.29 is 33.7 Å². The zero-order valence-corrected chi connectivity index (χ0v) is 16.8. The van der Waals surface area contributed by atoms with E-state index in [4.69, 9.17) is 14.2 Å². The maximum Gasteiger partial charge on any atom is 0.307 e. The minimum absolute atomic E-state index is 0.0978. The first-order valence-electron chi connectivity index (χ1n) is 8.43. The van der Waals surface area contributed by atoms with Crippen molar-refractivity contribution in [2.75, 3.05) is 0 Å². The highest BCUT2D eigenvalue weighted by atomic mass is 16.5. The summed E-state index contributed by atoms with van der Waals surface area (Å²) in [5.74, 6) is 3.70. The minimum atomic E-state index is -1.12. The molecule has 28 heavy (non-hydrogen) atoms. The first kappa shape index (κ1) is 24.9. The van der Waals surface area contributed by atoms with Crippen LogP contribution in [-0.4, -0.2) is 35.2 Å². The van der Waals surface area contributed by atoms with E-state index in [1.807, 2.05) is 13.8 Å². The summed E-state index contributed by atoms with van der Waals surface area (Å²) in [4.78, 5) is 33.5. The predicted octanol–water partition coefficient (Wildman–Crippen LogP) is 2.72. The second kappa shape index (κ2) is 13.1. The Morgan fingerprint density at radius 3 is 2.14 bits per heavy atom. The zero-order valence-electron chi connectivity index (χ0n) is 16.8. The number of aliphatic hydroxyl groups is 1. The van der Waals surface area contributed by atoms with E-state index in [2.05, 4.69) is 18.4 Å². The summed E-state index contributed by atoms with van der Waals surface area (Å²) in [5.41, 5.74) is 1.41. The van der Waals surface area contributed by atoms with Crippen molar-refractivity contribution >= 4 is 17.9 Å². The molecule has 0 aromatic rings. The fourth-order valence-corrected chi connectivity index (χ4v) is 1.74. The van der Waals surface area contributed by atoms with Crippen LogP contribution < -0.4 is 0 Å². The fraction of sp³-hybridized carbons (Fsp3) is 0.381. The van der Waals surface area contributed by atoms with Crippen LogP contribution in [0.3, 0.4) is 0 Å². The summed E-state index contributed by atoms with van der Waals surface area (Å²) in [6.07, 6.45) is 2.87. The third-order valence-corrected chi connectivity index (χ3v) is 2.97. The van der Waals surface area contributed by atoms with E-state index in [0.29, 0.717) is 0 Å². The second-order valence-electron chi connectivity index (χ2n) is 6.01. The van der Waals surface area contributed by atoms with Crippen molar-refractivity contribution in [3.8, 4) is 11.8 Å². The normalized spacial score (nSPS) is 12.9. The Bertz CT molecular complexity index is 740. The highest BCUT2D eigenvalue weighted by Crippen LogP contribution is 2.19. The van der Waals surface area contributed by atoms with Crippen molar-refractivity contribution in [2.24, 2.45) is 0 Å². The van der Waals surface area contributed by atoms with Crippen LogP contribution in [0.15, 0.2) is 48.0 Å². The maximum atomic E-state index is 11.5. The molecule has 0 amide bonds. The van der Waals surface area contributed by atoms with Gasteiger partial charge >= 0.3 is 17.9 Å². The van der Waals surface area contributed by atoms with Crippen LogP contribution in [0, 0.1) is 11.8 Å². The van der Waals surface area contributed by atoms with Crippen LogP contribution in [0.2, 0.25) is 0 Å². The van der Waals surface area contributed by atoms with Crippen molar-refractivity contribution in [2.45, 2.75) is 53.2 Å². The molecule has 152 valence electrons. The molecule has 0 unspecified atom stereocenters. The third-order valence-electron chi connectivity index (χ3n) is 2.97. The van der Waals surface area contributed by atoms with Gasteiger partial charge in [0.25, 0.3) is 0 Å². The molecule has 0 aliphatic heterocycles. The Morgan fingerprint density at radius 1 is 1.04 bits per heavy atom. The number of allylic oxidation sites excluding steroid dienone is 2. The number of esters is 3. The van der Waals surface area contributed by atoms with Gasteiger partial charge in [0.05, 0.1) is 12.4 Å². The van der Waals surface area contributed by atoms with Crippen molar-refractivity contribution in [3.05, 3.63) is 48.0 Å². The van der Waals surface area contributed by atoms with Crippen LogP contribution in [-0.2, 0) is 28.6 Å². The fourth-order valence-electron chi connectivity index (χ4n) is 1.74. The molecule has 7 heteroatoms. The van der Waals surface area contributed by atoms with Crippen LogP contribution >= 0.6 is 0 Å². The molecule has 1 N–H and O–H groups in total. The summed E-state index contributed by atoms with van der Waals surface area (Å²) in [6, 6.07) is 0. The lowest BCUT2D eigenvalue weighted by molar-refractivity contribution is -0.145. The van der Waals surface area contributed by atoms with E-state index in [1.54, 1.807) is 6.08 Å². The highest BCUT2D eigenvalue weighted by molar-refractivity contribution is 5.68. The molecule has 0 aromatic heterocycles. The highest BCUT2D eigenvalue weighted by Gasteiger charge is 2.22. The summed E-state index contributed by atoms with van der Waals surface area (Å²) in [5, 5.41) is 10.3. The zero-order chi connectivity index (χ0) is 21.7. The molecule has 0 saturated carbocycles. The van der Waals surface area contributed by atoms with E-state index in [1.165, 1.54) is 26.8 Å². The Kier molecular flexibility index (Phi) is 11.7. The van der Waals surface area contributed by atoms with Gasteiger partial charge in [0.1, 0.15) is 12.4 Å². The van der Waals surface area contributed by atoms with Gasteiger partial charge in [-0.05, 0) is 26.0 Å². The molecule has 0 radical (unpaired) electrons. The lowest BCUT2D eigenvalue weighted by Gasteiger charge is -2.21. The maximum absolute atomic E-state index is 11.5. The first-order valence-corrected chi connectivity index (χ1v) is 8.43. The van der Waals surface area contributed by atoms with Gasteiger partial charge in [-0.25, -0.2) is 0 Å². The Balaban J connectivity index is 5.58. The van der Waals surface area contributed by atoms with Gasteiger partial charge in [0, 0.05) is 38.3 Å². The molecular weight excluding hydrogens is 364 g/mol. The van der Waals surface area contributed by atoms with E-state index in [0.717, 1.165) is 18.1 Å². The van der Waals surface area contributed by atoms with Gasteiger partial charge in [-0.15, -0.1) is 0 Å². The lowest BCUT2D eigenvalue weighted by Crippen LogP contribution is -2.25. The number of ether oxygens (including phenoxy) is 3. The van der Waals surface area contributed by atoms with Crippen molar-refractivity contribution in [1.82, 2.24) is 0 Å². The Morgan fingerprint density at radius 2 is 1.64 bits per heavy atom. The molecule has 0 saturated heterocycles. The quantitative estimate of drug-likeness (QED) is 0.224. The molecule has 0 spiro atoms. The molecular formula is C21H26O7. The molecule has 0 heterocycles.